The molecule has 1 aliphatic rings. The molecule has 1 amide bonds. The van der Waals surface area contributed by atoms with Crippen molar-refractivity contribution in [1.82, 2.24) is 4.90 Å². The molecule has 1 saturated heterocycles. The lowest BCUT2D eigenvalue weighted by Crippen LogP contribution is -2.51. The molecule has 1 rings (SSSR count). The number of halogens is 2. The van der Waals surface area contributed by atoms with E-state index >= 15 is 0 Å². The van der Waals surface area contributed by atoms with E-state index in [2.05, 4.69) is 0 Å². The zero-order chi connectivity index (χ0) is 17.7. The van der Waals surface area contributed by atoms with E-state index in [4.69, 9.17) is 9.47 Å². The minimum atomic E-state index is -1.84. The van der Waals surface area contributed by atoms with Gasteiger partial charge in [-0.3, -0.25) is 4.79 Å². The Morgan fingerprint density at radius 3 is 2.48 bits per heavy atom. The van der Waals surface area contributed by atoms with Gasteiger partial charge in [0.05, 0.1) is 12.0 Å². The Balaban J connectivity index is 2.95. The Kier molecular flexibility index (Phi) is 6.53. The van der Waals surface area contributed by atoms with Gasteiger partial charge in [0.2, 0.25) is 0 Å². The molecule has 0 unspecified atom stereocenters. The van der Waals surface area contributed by atoms with Crippen molar-refractivity contribution >= 4 is 12.1 Å². The number of likely N-dealkylation sites (tertiary alicyclic amines) is 1. The second-order valence-corrected chi connectivity index (χ2v) is 6.70. The number of amides is 1. The van der Waals surface area contributed by atoms with Crippen LogP contribution in [0.25, 0.3) is 0 Å². The van der Waals surface area contributed by atoms with Crippen molar-refractivity contribution in [2.45, 2.75) is 52.6 Å². The van der Waals surface area contributed by atoms with E-state index in [0.717, 1.165) is 6.08 Å². The summed E-state index contributed by atoms with van der Waals surface area (Å²) in [6.07, 6.45) is -0.906. The summed E-state index contributed by atoms with van der Waals surface area (Å²) in [5.41, 5.74) is -1.80. The summed E-state index contributed by atoms with van der Waals surface area (Å²) < 4.78 is 35.3. The van der Waals surface area contributed by atoms with Crippen molar-refractivity contribution in [3.63, 3.8) is 0 Å². The highest BCUT2D eigenvalue weighted by Gasteiger charge is 2.45. The van der Waals surface area contributed by atoms with Crippen molar-refractivity contribution in [1.29, 1.82) is 0 Å². The number of allylic oxidation sites excluding steroid dienone is 1. The maximum absolute atomic E-state index is 12.5. The van der Waals surface area contributed by atoms with Gasteiger partial charge in [-0.25, -0.2) is 4.79 Å². The zero-order valence-electron chi connectivity index (χ0n) is 14.2. The quantitative estimate of drug-likeness (QED) is 0.736. The van der Waals surface area contributed by atoms with Crippen LogP contribution in [0.1, 0.15) is 47.0 Å². The third-order valence-electron chi connectivity index (χ3n) is 3.58. The van der Waals surface area contributed by atoms with Crippen LogP contribution in [0.15, 0.2) is 12.2 Å². The maximum Gasteiger partial charge on any atom is 0.410 e. The smallest absolute Gasteiger partial charge is 0.410 e. The number of carbonyl (C=O) groups is 2. The largest absolute Gasteiger partial charge is 0.466 e. The summed E-state index contributed by atoms with van der Waals surface area (Å²) in [5.74, 6) is -0.550. The highest BCUT2D eigenvalue weighted by Crippen LogP contribution is 2.36. The average molecular weight is 333 g/mol. The molecule has 0 aromatic rings. The fraction of sp³-hybridized carbons (Fsp3) is 0.750. The molecule has 0 aromatic carbocycles. The number of carbonyl (C=O) groups excluding carboxylic acids is 2. The second-order valence-electron chi connectivity index (χ2n) is 6.70. The van der Waals surface area contributed by atoms with Gasteiger partial charge in [-0.1, -0.05) is 0 Å². The molecule has 23 heavy (non-hydrogen) atoms. The Hall–Kier alpha value is -1.66. The zero-order valence-corrected chi connectivity index (χ0v) is 14.2. The van der Waals surface area contributed by atoms with E-state index < -0.39 is 29.2 Å². The Bertz CT molecular complexity index is 469. The molecule has 1 aliphatic heterocycles. The van der Waals surface area contributed by atoms with E-state index in [1.807, 2.05) is 0 Å². The molecule has 0 saturated carbocycles. The summed E-state index contributed by atoms with van der Waals surface area (Å²) in [4.78, 5) is 25.9. The minimum absolute atomic E-state index is 0.0184. The van der Waals surface area contributed by atoms with Gasteiger partial charge >= 0.3 is 12.1 Å². The van der Waals surface area contributed by atoms with Crippen molar-refractivity contribution in [2.24, 2.45) is 5.41 Å². The molecule has 1 atom stereocenters. The molecular formula is C16H25F2NO4. The van der Waals surface area contributed by atoms with Gasteiger partial charge in [-0.15, -0.1) is 0 Å². The van der Waals surface area contributed by atoms with E-state index in [-0.39, 0.29) is 19.6 Å². The molecule has 0 bridgehead atoms. The normalized spacial score (nSPS) is 21.6. The lowest BCUT2D eigenvalue weighted by atomic mass is 9.77. The van der Waals surface area contributed by atoms with Crippen molar-refractivity contribution in [3.05, 3.63) is 12.2 Å². The number of rotatable bonds is 4. The summed E-state index contributed by atoms with van der Waals surface area (Å²) in [7, 11) is 0. The number of hydrogen-bond acceptors (Lipinski definition) is 4. The molecule has 0 aliphatic carbocycles. The van der Waals surface area contributed by atoms with Crippen LogP contribution in [-0.2, 0) is 14.3 Å². The number of nitrogens with zero attached hydrogens (tertiary/aromatic N) is 1. The van der Waals surface area contributed by atoms with E-state index in [0.29, 0.717) is 19.4 Å². The third kappa shape index (κ3) is 5.80. The van der Waals surface area contributed by atoms with Gasteiger partial charge in [0.25, 0.3) is 6.08 Å². The summed E-state index contributed by atoms with van der Waals surface area (Å²) in [6.45, 7) is 7.50. The van der Waals surface area contributed by atoms with E-state index in [1.54, 1.807) is 27.7 Å². The van der Waals surface area contributed by atoms with Crippen molar-refractivity contribution < 1.29 is 27.8 Å². The summed E-state index contributed by atoms with van der Waals surface area (Å²) in [6, 6.07) is 0. The fourth-order valence-electron chi connectivity index (χ4n) is 2.59. The average Bonchev–Trinajstić information content (AvgIpc) is 2.44. The highest BCUT2D eigenvalue weighted by atomic mass is 19.3. The van der Waals surface area contributed by atoms with Crippen LogP contribution in [0.3, 0.4) is 0 Å². The number of ether oxygens (including phenoxy) is 2. The standard InChI is InChI=1S/C16H25F2NO4/c1-5-22-13(20)16(9-7-12(17)18)8-6-10-19(11-16)14(21)23-15(2,3)4/h7H,5-6,8-11H2,1-4H3/t16-/m0/s1. The van der Waals surface area contributed by atoms with Crippen molar-refractivity contribution in [3.8, 4) is 0 Å². The van der Waals surface area contributed by atoms with Gasteiger partial charge in [0.15, 0.2) is 0 Å². The van der Waals surface area contributed by atoms with Crippen molar-refractivity contribution in [2.75, 3.05) is 19.7 Å². The molecule has 0 N–H and O–H groups in total. The van der Waals surface area contributed by atoms with Crippen LogP contribution in [0.2, 0.25) is 0 Å². The summed E-state index contributed by atoms with van der Waals surface area (Å²) in [5, 5.41) is 0. The first-order chi connectivity index (χ1) is 10.6. The van der Waals surface area contributed by atoms with Crippen LogP contribution < -0.4 is 0 Å². The maximum atomic E-state index is 12.5. The topological polar surface area (TPSA) is 55.8 Å². The molecule has 1 heterocycles. The van der Waals surface area contributed by atoms with Gasteiger partial charge in [-0.05, 0) is 53.0 Å². The van der Waals surface area contributed by atoms with Crippen LogP contribution >= 0.6 is 0 Å². The lowest BCUT2D eigenvalue weighted by molar-refractivity contribution is -0.158. The number of piperidine rings is 1. The monoisotopic (exact) mass is 333 g/mol. The Labute approximate surface area is 135 Å². The van der Waals surface area contributed by atoms with E-state index in [9.17, 15) is 18.4 Å². The van der Waals surface area contributed by atoms with Gasteiger partial charge in [-0.2, -0.15) is 8.78 Å². The minimum Gasteiger partial charge on any atom is -0.466 e. The van der Waals surface area contributed by atoms with Crippen LogP contribution in [0.4, 0.5) is 13.6 Å². The number of hydrogen-bond donors (Lipinski definition) is 0. The Morgan fingerprint density at radius 1 is 1.30 bits per heavy atom. The van der Waals surface area contributed by atoms with Gasteiger partial charge in [0.1, 0.15) is 5.60 Å². The fourth-order valence-corrected chi connectivity index (χ4v) is 2.59. The molecule has 7 heteroatoms. The van der Waals surface area contributed by atoms with Crippen LogP contribution in [-0.4, -0.2) is 42.3 Å². The van der Waals surface area contributed by atoms with Crippen LogP contribution in [0.5, 0.6) is 0 Å². The lowest BCUT2D eigenvalue weighted by Gasteiger charge is -2.40. The molecular weight excluding hydrogens is 308 g/mol. The van der Waals surface area contributed by atoms with E-state index in [1.165, 1.54) is 4.90 Å². The highest BCUT2D eigenvalue weighted by molar-refractivity contribution is 5.79. The first-order valence-corrected chi connectivity index (χ1v) is 7.76. The van der Waals surface area contributed by atoms with Crippen LogP contribution in [0, 0.1) is 5.41 Å². The first kappa shape index (κ1) is 19.4. The molecule has 0 spiro atoms. The molecule has 1 fully saturated rings. The predicted octanol–water partition coefficient (Wildman–Crippen LogP) is 3.74. The van der Waals surface area contributed by atoms with Gasteiger partial charge < -0.3 is 14.4 Å². The molecule has 5 nitrogen and oxygen atoms in total. The SMILES string of the molecule is CCOC(=O)[C@]1(CC=C(F)F)CCCN(C(=O)OC(C)(C)C)C1. The third-order valence-corrected chi connectivity index (χ3v) is 3.58. The molecule has 132 valence electrons. The predicted molar refractivity (Wildman–Crippen MR) is 81.0 cm³/mol. The molecule has 0 radical (unpaired) electrons. The number of esters is 1. The molecule has 0 aromatic heterocycles. The second kappa shape index (κ2) is 7.75. The van der Waals surface area contributed by atoms with Gasteiger partial charge in [0, 0.05) is 13.1 Å². The Morgan fingerprint density at radius 2 is 1.96 bits per heavy atom. The summed E-state index contributed by atoms with van der Waals surface area (Å²) >= 11 is 0. The first-order valence-electron chi connectivity index (χ1n) is 7.76.